The molecule has 0 radical (unpaired) electrons. The minimum atomic E-state index is 0.0495. The van der Waals surface area contributed by atoms with Gasteiger partial charge in [0.15, 0.2) is 0 Å². The van der Waals surface area contributed by atoms with Crippen LogP contribution in [0.3, 0.4) is 0 Å². The SMILES string of the molecule is CCc1cccnc1N(C)CCOCCSCCOCCn1cc(CCC(=O)NC)c2cccnc21. The molecule has 3 aromatic rings. The van der Waals surface area contributed by atoms with E-state index in [0.29, 0.717) is 32.7 Å². The summed E-state index contributed by atoms with van der Waals surface area (Å²) in [5.74, 6) is 2.99. The Morgan fingerprint density at radius 1 is 1.06 bits per heavy atom. The van der Waals surface area contributed by atoms with E-state index < -0.39 is 0 Å². The topological polar surface area (TPSA) is 81.5 Å². The van der Waals surface area contributed by atoms with Gasteiger partial charge in [0.2, 0.25) is 5.91 Å². The number of anilines is 1. The second-order valence-electron chi connectivity index (χ2n) is 8.49. The molecule has 3 rings (SSSR count). The monoisotopic (exact) mass is 513 g/mol. The maximum Gasteiger partial charge on any atom is 0.220 e. The summed E-state index contributed by atoms with van der Waals surface area (Å²) in [5, 5.41) is 3.79. The molecule has 0 aliphatic carbocycles. The lowest BCUT2D eigenvalue weighted by Gasteiger charge is -2.20. The predicted octanol–water partition coefficient (Wildman–Crippen LogP) is 3.58. The van der Waals surface area contributed by atoms with E-state index in [1.54, 1.807) is 13.2 Å². The van der Waals surface area contributed by atoms with Crippen LogP contribution in [-0.2, 0) is 33.7 Å². The molecule has 0 saturated heterocycles. The molecule has 0 unspecified atom stereocenters. The molecule has 0 atom stereocenters. The molecule has 9 heteroatoms. The Labute approximate surface area is 218 Å². The maximum atomic E-state index is 11.6. The molecule has 36 heavy (non-hydrogen) atoms. The Kier molecular flexibility index (Phi) is 12.0. The number of rotatable bonds is 17. The molecule has 0 bridgehead atoms. The summed E-state index contributed by atoms with van der Waals surface area (Å²) in [6, 6.07) is 8.12. The molecule has 3 heterocycles. The van der Waals surface area contributed by atoms with Crippen molar-refractivity contribution in [3.8, 4) is 0 Å². The Hall–Kier alpha value is -2.62. The summed E-state index contributed by atoms with van der Waals surface area (Å²) in [5.41, 5.74) is 3.35. The molecular weight excluding hydrogens is 474 g/mol. The van der Waals surface area contributed by atoms with E-state index in [2.05, 4.69) is 57.1 Å². The highest BCUT2D eigenvalue weighted by atomic mass is 32.2. The van der Waals surface area contributed by atoms with E-state index >= 15 is 0 Å². The molecule has 1 N–H and O–H groups in total. The molecule has 0 saturated carbocycles. The number of hydrogen-bond acceptors (Lipinski definition) is 7. The number of thioether (sulfide) groups is 1. The van der Waals surface area contributed by atoms with Gasteiger partial charge in [0.25, 0.3) is 0 Å². The smallest absolute Gasteiger partial charge is 0.220 e. The zero-order valence-corrected chi connectivity index (χ0v) is 22.6. The molecule has 0 fully saturated rings. The van der Waals surface area contributed by atoms with Crippen LogP contribution in [0.2, 0.25) is 0 Å². The number of ether oxygens (including phenoxy) is 2. The fourth-order valence-electron chi connectivity index (χ4n) is 4.00. The molecular formula is C27H39N5O3S. The van der Waals surface area contributed by atoms with E-state index in [9.17, 15) is 4.79 Å². The highest BCUT2D eigenvalue weighted by molar-refractivity contribution is 7.99. The first-order chi connectivity index (χ1) is 17.6. The summed E-state index contributed by atoms with van der Waals surface area (Å²) >= 11 is 1.85. The van der Waals surface area contributed by atoms with Crippen LogP contribution >= 0.6 is 11.8 Å². The van der Waals surface area contributed by atoms with Crippen molar-refractivity contribution < 1.29 is 14.3 Å². The zero-order valence-electron chi connectivity index (χ0n) is 21.7. The van der Waals surface area contributed by atoms with Gasteiger partial charge in [-0.3, -0.25) is 4.79 Å². The Morgan fingerprint density at radius 3 is 2.58 bits per heavy atom. The Bertz CT molecular complexity index is 1070. The summed E-state index contributed by atoms with van der Waals surface area (Å²) in [4.78, 5) is 22.8. The fourth-order valence-corrected chi connectivity index (χ4v) is 4.68. The Balaban J connectivity index is 1.26. The molecule has 1 amide bonds. The lowest BCUT2D eigenvalue weighted by Crippen LogP contribution is -2.25. The van der Waals surface area contributed by atoms with Crippen LogP contribution in [0.5, 0.6) is 0 Å². The van der Waals surface area contributed by atoms with Crippen molar-refractivity contribution in [1.29, 1.82) is 0 Å². The maximum absolute atomic E-state index is 11.6. The fraction of sp³-hybridized carbons (Fsp3) is 0.519. The molecule has 0 aromatic carbocycles. The lowest BCUT2D eigenvalue weighted by molar-refractivity contribution is -0.120. The minimum Gasteiger partial charge on any atom is -0.379 e. The average Bonchev–Trinajstić information content (AvgIpc) is 3.27. The number of amides is 1. The predicted molar refractivity (Wildman–Crippen MR) is 148 cm³/mol. The van der Waals surface area contributed by atoms with Gasteiger partial charge in [-0.05, 0) is 42.2 Å². The van der Waals surface area contributed by atoms with Gasteiger partial charge in [0, 0.05) is 69.1 Å². The van der Waals surface area contributed by atoms with E-state index in [0.717, 1.165) is 60.0 Å². The van der Waals surface area contributed by atoms with E-state index in [1.165, 1.54) is 5.56 Å². The molecule has 0 aliphatic rings. The minimum absolute atomic E-state index is 0.0495. The number of fused-ring (bicyclic) bond motifs is 1. The van der Waals surface area contributed by atoms with Gasteiger partial charge in [0.1, 0.15) is 11.5 Å². The molecule has 0 aliphatic heterocycles. The third-order valence-electron chi connectivity index (χ3n) is 6.02. The quantitative estimate of drug-likeness (QED) is 0.276. The molecule has 196 valence electrons. The van der Waals surface area contributed by atoms with Crippen molar-refractivity contribution in [2.24, 2.45) is 0 Å². The highest BCUT2D eigenvalue weighted by Gasteiger charge is 2.11. The van der Waals surface area contributed by atoms with Crippen LogP contribution in [-0.4, -0.2) is 79.0 Å². The van der Waals surface area contributed by atoms with Crippen molar-refractivity contribution in [1.82, 2.24) is 19.9 Å². The standard InChI is InChI=1S/C27H39N5O3S/c1-4-22-7-5-11-29-26(22)31(3)13-15-34-17-19-36-20-18-35-16-14-32-21-23(9-10-25(33)28-2)24-8-6-12-30-27(24)32/h5-8,11-12,21H,4,9-10,13-20H2,1-3H3,(H,28,33). The highest BCUT2D eigenvalue weighted by Crippen LogP contribution is 2.21. The van der Waals surface area contributed by atoms with Crippen molar-refractivity contribution >= 4 is 34.5 Å². The van der Waals surface area contributed by atoms with Crippen molar-refractivity contribution in [2.75, 3.05) is 63.5 Å². The van der Waals surface area contributed by atoms with E-state index in [1.807, 2.05) is 30.1 Å². The summed E-state index contributed by atoms with van der Waals surface area (Å²) in [6.45, 7) is 6.49. The third-order valence-corrected chi connectivity index (χ3v) is 6.93. The Morgan fingerprint density at radius 2 is 1.81 bits per heavy atom. The zero-order chi connectivity index (χ0) is 25.6. The van der Waals surface area contributed by atoms with Gasteiger partial charge < -0.3 is 24.3 Å². The van der Waals surface area contributed by atoms with Crippen LogP contribution < -0.4 is 10.2 Å². The summed E-state index contributed by atoms with van der Waals surface area (Å²) < 4.78 is 13.8. The summed E-state index contributed by atoms with van der Waals surface area (Å²) in [7, 11) is 3.73. The first-order valence-electron chi connectivity index (χ1n) is 12.7. The number of aryl methyl sites for hydroxylation is 2. The number of likely N-dealkylation sites (N-methyl/N-ethyl adjacent to an activating group) is 1. The number of aromatic nitrogens is 3. The van der Waals surface area contributed by atoms with Gasteiger partial charge in [0.05, 0.1) is 26.4 Å². The third kappa shape index (κ3) is 8.50. The first kappa shape index (κ1) is 28.0. The number of carbonyl (C=O) groups is 1. The van der Waals surface area contributed by atoms with Gasteiger partial charge in [-0.25, -0.2) is 9.97 Å². The summed E-state index contributed by atoms with van der Waals surface area (Å²) in [6.07, 6.45) is 7.90. The van der Waals surface area contributed by atoms with Crippen LogP contribution in [0.1, 0.15) is 24.5 Å². The van der Waals surface area contributed by atoms with Crippen molar-refractivity contribution in [3.05, 3.63) is 54.0 Å². The number of pyridine rings is 2. The lowest BCUT2D eigenvalue weighted by atomic mass is 10.1. The van der Waals surface area contributed by atoms with Crippen LogP contribution in [0.25, 0.3) is 11.0 Å². The average molecular weight is 514 g/mol. The van der Waals surface area contributed by atoms with Gasteiger partial charge in [-0.1, -0.05) is 13.0 Å². The second-order valence-corrected chi connectivity index (χ2v) is 9.72. The van der Waals surface area contributed by atoms with Gasteiger partial charge in [-0.2, -0.15) is 11.8 Å². The van der Waals surface area contributed by atoms with Crippen molar-refractivity contribution in [3.63, 3.8) is 0 Å². The second kappa shape index (κ2) is 15.5. The van der Waals surface area contributed by atoms with Crippen LogP contribution in [0, 0.1) is 0 Å². The van der Waals surface area contributed by atoms with Crippen molar-refractivity contribution in [2.45, 2.75) is 32.7 Å². The van der Waals surface area contributed by atoms with E-state index in [4.69, 9.17) is 9.47 Å². The number of nitrogens with zero attached hydrogens (tertiary/aromatic N) is 4. The molecule has 0 spiro atoms. The van der Waals surface area contributed by atoms with Gasteiger partial charge >= 0.3 is 0 Å². The number of hydrogen-bond donors (Lipinski definition) is 1. The normalized spacial score (nSPS) is 11.2. The largest absolute Gasteiger partial charge is 0.379 e. The molecule has 8 nitrogen and oxygen atoms in total. The van der Waals surface area contributed by atoms with Crippen LogP contribution in [0.15, 0.2) is 42.9 Å². The van der Waals surface area contributed by atoms with Crippen LogP contribution in [0.4, 0.5) is 5.82 Å². The molecule has 3 aromatic heterocycles. The number of nitrogens with one attached hydrogen (secondary N) is 1. The number of carbonyl (C=O) groups excluding carboxylic acids is 1. The van der Waals surface area contributed by atoms with E-state index in [-0.39, 0.29) is 5.91 Å². The first-order valence-corrected chi connectivity index (χ1v) is 13.8. The van der Waals surface area contributed by atoms with Gasteiger partial charge in [-0.15, -0.1) is 0 Å².